The van der Waals surface area contributed by atoms with E-state index in [2.05, 4.69) is 27.3 Å². The normalized spacial score (nSPS) is 23.4. The summed E-state index contributed by atoms with van der Waals surface area (Å²) in [6, 6.07) is 9.98. The van der Waals surface area contributed by atoms with Crippen molar-refractivity contribution in [3.05, 3.63) is 35.7 Å². The number of thiazole rings is 1. The lowest BCUT2D eigenvalue weighted by molar-refractivity contribution is -0.134. The largest absolute Gasteiger partial charge is 0.444 e. The molecule has 0 radical (unpaired) electrons. The van der Waals surface area contributed by atoms with Crippen LogP contribution in [-0.4, -0.2) is 100 Å². The molecule has 2 amide bonds. The Morgan fingerprint density at radius 2 is 1.81 bits per heavy atom. The molecule has 8 nitrogen and oxygen atoms in total. The van der Waals surface area contributed by atoms with Gasteiger partial charge in [-0.1, -0.05) is 30.3 Å². The second-order valence-corrected chi connectivity index (χ2v) is 12.5. The van der Waals surface area contributed by atoms with Gasteiger partial charge in [0, 0.05) is 62.0 Å². The maximum absolute atomic E-state index is 13.3. The number of carbonyl (C=O) groups is 2. The molecule has 5 rings (SSSR count). The molecule has 0 bridgehead atoms. The lowest BCUT2D eigenvalue weighted by Gasteiger charge is -2.37. The monoisotopic (exact) mass is 529 g/mol. The minimum absolute atomic E-state index is 0.0585. The van der Waals surface area contributed by atoms with E-state index >= 15 is 0 Å². The molecule has 10 heteroatoms. The van der Waals surface area contributed by atoms with Gasteiger partial charge in [-0.25, -0.2) is 9.78 Å². The molecule has 1 aromatic heterocycles. The van der Waals surface area contributed by atoms with E-state index in [0.29, 0.717) is 18.8 Å². The Morgan fingerprint density at radius 3 is 2.47 bits per heavy atom. The van der Waals surface area contributed by atoms with Gasteiger partial charge < -0.3 is 14.5 Å². The van der Waals surface area contributed by atoms with Crippen LogP contribution in [0.15, 0.2) is 35.7 Å². The van der Waals surface area contributed by atoms with Crippen LogP contribution in [0.2, 0.25) is 0 Å². The fraction of sp³-hybridized carbons (Fsp3) is 0.577. The predicted molar refractivity (Wildman–Crippen MR) is 146 cm³/mol. The fourth-order valence-electron chi connectivity index (χ4n) is 5.06. The maximum Gasteiger partial charge on any atom is 0.411 e. The third kappa shape index (κ3) is 5.65. The van der Waals surface area contributed by atoms with Crippen LogP contribution in [0.5, 0.6) is 0 Å². The van der Waals surface area contributed by atoms with Crippen molar-refractivity contribution in [2.75, 3.05) is 55.8 Å². The average molecular weight is 530 g/mol. The molecule has 0 unspecified atom stereocenters. The predicted octanol–water partition coefficient (Wildman–Crippen LogP) is 3.84. The van der Waals surface area contributed by atoms with Crippen LogP contribution >= 0.6 is 23.1 Å². The summed E-state index contributed by atoms with van der Waals surface area (Å²) in [6.07, 6.45) is 0.277. The zero-order chi connectivity index (χ0) is 25.3. The van der Waals surface area contributed by atoms with Crippen molar-refractivity contribution < 1.29 is 14.3 Å². The summed E-state index contributed by atoms with van der Waals surface area (Å²) in [5.41, 5.74) is 1.56. The Balaban J connectivity index is 1.23. The molecule has 3 fully saturated rings. The number of rotatable bonds is 4. The number of amides is 2. The first kappa shape index (κ1) is 25.4. The molecule has 2 atom stereocenters. The van der Waals surface area contributed by atoms with Gasteiger partial charge in [0.15, 0.2) is 5.13 Å². The van der Waals surface area contributed by atoms with Gasteiger partial charge >= 0.3 is 6.09 Å². The molecule has 2 aromatic rings. The summed E-state index contributed by atoms with van der Waals surface area (Å²) in [5, 5.41) is 3.18. The minimum Gasteiger partial charge on any atom is -0.444 e. The number of hydrogen-bond donors (Lipinski definition) is 0. The molecule has 0 saturated carbocycles. The van der Waals surface area contributed by atoms with Crippen molar-refractivity contribution in [3.63, 3.8) is 0 Å². The third-order valence-electron chi connectivity index (χ3n) is 6.92. The number of aromatic nitrogens is 1. The van der Waals surface area contributed by atoms with Crippen molar-refractivity contribution >= 4 is 40.2 Å². The summed E-state index contributed by atoms with van der Waals surface area (Å²) in [7, 11) is 0. The molecular weight excluding hydrogens is 494 g/mol. The molecular formula is C26H35N5O3S2. The third-order valence-corrected chi connectivity index (χ3v) is 8.79. The van der Waals surface area contributed by atoms with Gasteiger partial charge in [0.2, 0.25) is 5.91 Å². The molecule has 0 aliphatic carbocycles. The topological polar surface area (TPSA) is 69.2 Å². The summed E-state index contributed by atoms with van der Waals surface area (Å²) >= 11 is 3.45. The van der Waals surface area contributed by atoms with Crippen molar-refractivity contribution in [2.24, 2.45) is 0 Å². The Morgan fingerprint density at radius 1 is 1.06 bits per heavy atom. The number of ether oxygens (including phenoxy) is 1. The molecule has 0 N–H and O–H groups in total. The molecule has 3 aliphatic heterocycles. The van der Waals surface area contributed by atoms with E-state index in [0.717, 1.165) is 54.9 Å². The second-order valence-electron chi connectivity index (χ2n) is 10.6. The van der Waals surface area contributed by atoms with Crippen LogP contribution in [0.4, 0.5) is 9.93 Å². The standard InChI is InChI=1S/C26H35N5O3S2/c1-26(2,3)34-25(33)31-16-20(15-22(31)23(32)30-13-14-35-18-30)28-9-11-29(12-10-28)24-27-21(17-36-24)19-7-5-4-6-8-19/h4-8,17,20,22H,9-16,18H2,1-3H3/t20-,22-/m0/s1. The second kappa shape index (κ2) is 10.6. The first-order valence-electron chi connectivity index (χ1n) is 12.6. The van der Waals surface area contributed by atoms with Crippen molar-refractivity contribution in [1.82, 2.24) is 19.7 Å². The number of carbonyl (C=O) groups excluding carboxylic acids is 2. The molecule has 36 heavy (non-hydrogen) atoms. The minimum atomic E-state index is -0.593. The zero-order valence-electron chi connectivity index (χ0n) is 21.3. The SMILES string of the molecule is CC(C)(C)OC(=O)N1C[C@@H](N2CCN(c3nc(-c4ccccc4)cs3)CC2)C[C@H]1C(=O)N1CCSC1. The van der Waals surface area contributed by atoms with E-state index in [1.165, 1.54) is 0 Å². The van der Waals surface area contributed by atoms with Crippen LogP contribution in [0, 0.1) is 0 Å². The highest BCUT2D eigenvalue weighted by Crippen LogP contribution is 2.31. The lowest BCUT2D eigenvalue weighted by Crippen LogP contribution is -2.51. The maximum atomic E-state index is 13.3. The van der Waals surface area contributed by atoms with E-state index in [9.17, 15) is 9.59 Å². The Hall–Kier alpha value is -2.30. The summed E-state index contributed by atoms with van der Waals surface area (Å²) < 4.78 is 5.69. The van der Waals surface area contributed by atoms with E-state index in [-0.39, 0.29) is 18.0 Å². The quantitative estimate of drug-likeness (QED) is 0.596. The molecule has 3 saturated heterocycles. The first-order valence-corrected chi connectivity index (χ1v) is 14.7. The van der Waals surface area contributed by atoms with Crippen LogP contribution in [0.1, 0.15) is 27.2 Å². The highest BCUT2D eigenvalue weighted by molar-refractivity contribution is 7.99. The first-order chi connectivity index (χ1) is 17.3. The van der Waals surface area contributed by atoms with Gasteiger partial charge in [0.05, 0.1) is 11.6 Å². The van der Waals surface area contributed by atoms with Crippen molar-refractivity contribution in [3.8, 4) is 11.3 Å². The molecule has 0 spiro atoms. The number of piperazine rings is 1. The highest BCUT2D eigenvalue weighted by Gasteiger charge is 2.45. The fourth-order valence-corrected chi connectivity index (χ4v) is 6.91. The van der Waals surface area contributed by atoms with Crippen LogP contribution in [-0.2, 0) is 9.53 Å². The molecule has 1 aromatic carbocycles. The van der Waals surface area contributed by atoms with E-state index in [1.54, 1.807) is 28.0 Å². The average Bonchev–Trinajstić information content (AvgIpc) is 3.64. The number of nitrogens with zero attached hydrogens (tertiary/aromatic N) is 5. The molecule has 3 aliphatic rings. The van der Waals surface area contributed by atoms with Crippen LogP contribution in [0.25, 0.3) is 11.3 Å². The number of likely N-dealkylation sites (tertiary alicyclic amines) is 1. The molecule has 4 heterocycles. The van der Waals surface area contributed by atoms with Gasteiger partial charge in [0.1, 0.15) is 11.6 Å². The number of anilines is 1. The van der Waals surface area contributed by atoms with Gasteiger partial charge in [-0.2, -0.15) is 0 Å². The Bertz CT molecular complexity index is 1060. The smallest absolute Gasteiger partial charge is 0.411 e. The summed E-state index contributed by atoms with van der Waals surface area (Å²) in [5.74, 6) is 1.72. The summed E-state index contributed by atoms with van der Waals surface area (Å²) in [6.45, 7) is 10.4. The van der Waals surface area contributed by atoms with Crippen molar-refractivity contribution in [1.29, 1.82) is 0 Å². The van der Waals surface area contributed by atoms with Gasteiger partial charge in [-0.3, -0.25) is 14.6 Å². The van der Waals surface area contributed by atoms with Crippen LogP contribution in [0.3, 0.4) is 0 Å². The highest BCUT2D eigenvalue weighted by atomic mass is 32.2. The molecule has 194 valence electrons. The number of thioether (sulfide) groups is 1. The van der Waals surface area contributed by atoms with Crippen molar-refractivity contribution in [2.45, 2.75) is 44.9 Å². The number of hydrogen-bond acceptors (Lipinski definition) is 8. The Labute approximate surface area is 221 Å². The van der Waals surface area contributed by atoms with E-state index < -0.39 is 11.6 Å². The van der Waals surface area contributed by atoms with Gasteiger partial charge in [-0.05, 0) is 27.2 Å². The summed E-state index contributed by atoms with van der Waals surface area (Å²) in [4.78, 5) is 39.6. The van der Waals surface area contributed by atoms with Crippen LogP contribution < -0.4 is 4.90 Å². The van der Waals surface area contributed by atoms with Gasteiger partial charge in [0.25, 0.3) is 0 Å². The van der Waals surface area contributed by atoms with E-state index in [4.69, 9.17) is 9.72 Å². The lowest BCUT2D eigenvalue weighted by atomic mass is 10.1. The van der Waals surface area contributed by atoms with Gasteiger partial charge in [-0.15, -0.1) is 23.1 Å². The van der Waals surface area contributed by atoms with E-state index in [1.807, 2.05) is 43.9 Å². The zero-order valence-corrected chi connectivity index (χ0v) is 22.9. The Kier molecular flexibility index (Phi) is 7.46. The number of benzene rings is 1.